The van der Waals surface area contributed by atoms with E-state index in [1.54, 1.807) is 24.3 Å². The van der Waals surface area contributed by atoms with E-state index in [1.165, 1.54) is 41.5 Å². The van der Waals surface area contributed by atoms with Crippen LogP contribution in [0.1, 0.15) is 249 Å². The predicted octanol–water partition coefficient (Wildman–Crippen LogP) is 7.06. The van der Waals surface area contributed by atoms with Crippen molar-refractivity contribution in [2.24, 2.45) is 17.8 Å². The van der Waals surface area contributed by atoms with E-state index in [0.29, 0.717) is 102 Å². The Morgan fingerprint density at radius 2 is 0.699 bits per heavy atom. The maximum absolute atomic E-state index is 13.9. The Morgan fingerprint density at radius 3 is 1.02 bits per heavy atom. The quantitative estimate of drug-likeness (QED) is 0.0179. The van der Waals surface area contributed by atoms with Gasteiger partial charge in [-0.3, -0.25) is 57.5 Å². The highest BCUT2D eigenvalue weighted by atomic mass is 16.7. The third-order valence-corrected chi connectivity index (χ3v) is 20.5. The van der Waals surface area contributed by atoms with Crippen LogP contribution in [0.25, 0.3) is 0 Å². The Morgan fingerprint density at radius 1 is 0.381 bits per heavy atom. The number of ketones is 1. The van der Waals surface area contributed by atoms with Gasteiger partial charge in [0.25, 0.3) is 0 Å². The molecule has 3 fully saturated rings. The van der Waals surface area contributed by atoms with Crippen molar-refractivity contribution in [2.45, 2.75) is 329 Å². The molecule has 0 aromatic heterocycles. The van der Waals surface area contributed by atoms with Crippen molar-refractivity contribution < 1.29 is 110 Å². The number of ether oxygens (including phenoxy) is 10. The number of amides is 9. The van der Waals surface area contributed by atoms with E-state index < -0.39 is 84.8 Å². The van der Waals surface area contributed by atoms with E-state index in [0.717, 1.165) is 0 Å². The summed E-state index contributed by atoms with van der Waals surface area (Å²) in [6.45, 7) is 21.6. The lowest BCUT2D eigenvalue weighted by atomic mass is 9.82. The number of Topliss-reactive ketones (excluding diaryl/α,β-unsaturated/α-hetero) is 1. The van der Waals surface area contributed by atoms with Gasteiger partial charge in [0, 0.05) is 162 Å². The van der Waals surface area contributed by atoms with Crippen molar-refractivity contribution >= 4 is 77.0 Å². The van der Waals surface area contributed by atoms with Crippen molar-refractivity contribution in [3.05, 3.63) is 35.9 Å². The molecule has 3 saturated heterocycles. The van der Waals surface area contributed by atoms with Crippen LogP contribution in [0.3, 0.4) is 0 Å². The molecule has 3 heterocycles. The first-order valence-corrected chi connectivity index (χ1v) is 41.0. The third kappa shape index (κ3) is 38.4. The van der Waals surface area contributed by atoms with E-state index in [4.69, 9.17) is 47.4 Å². The van der Waals surface area contributed by atoms with Gasteiger partial charge in [-0.15, -0.1) is 0 Å². The lowest BCUT2D eigenvalue weighted by Crippen LogP contribution is -2.62. The van der Waals surface area contributed by atoms with Crippen molar-refractivity contribution in [1.29, 1.82) is 0 Å². The summed E-state index contributed by atoms with van der Waals surface area (Å²) in [7, 11) is 0. The number of alkyl carbamates (subject to hydrolysis) is 1. The highest BCUT2D eigenvalue weighted by Gasteiger charge is 2.49. The van der Waals surface area contributed by atoms with Crippen LogP contribution in [-0.2, 0) is 112 Å². The first kappa shape index (κ1) is 97.5. The molecule has 32 nitrogen and oxygen atoms in total. The molecule has 9 amide bonds. The van der Waals surface area contributed by atoms with Crippen LogP contribution in [0, 0.1) is 17.8 Å². The molecular weight excluding hydrogens is 1470 g/mol. The van der Waals surface area contributed by atoms with Gasteiger partial charge in [-0.25, -0.2) is 4.79 Å². The monoisotopic (exact) mass is 1600 g/mol. The van der Waals surface area contributed by atoms with Gasteiger partial charge in [0.05, 0.1) is 18.3 Å². The summed E-state index contributed by atoms with van der Waals surface area (Å²) in [5.41, 5.74) is -0.605. The molecule has 0 saturated carbocycles. The molecule has 640 valence electrons. The maximum Gasteiger partial charge on any atom is 0.407 e. The molecule has 0 unspecified atom stereocenters. The molecule has 32 heteroatoms. The number of benzene rings is 1. The zero-order chi connectivity index (χ0) is 83.3. The smallest absolute Gasteiger partial charge is 0.407 e. The summed E-state index contributed by atoms with van der Waals surface area (Å²) in [6, 6.07) is 6.88. The second-order valence-electron chi connectivity index (χ2n) is 29.9. The van der Waals surface area contributed by atoms with Crippen LogP contribution >= 0.6 is 0 Å². The number of hydrogen-bond acceptors (Lipinski definition) is 23. The number of esters is 3. The summed E-state index contributed by atoms with van der Waals surface area (Å²) in [5, 5.41) is 25.9. The fourth-order valence-electron chi connectivity index (χ4n) is 14.4. The van der Waals surface area contributed by atoms with Crippen LogP contribution in [-0.4, -0.2) is 209 Å². The molecule has 3 aliphatic rings. The predicted molar refractivity (Wildman–Crippen MR) is 416 cm³/mol. The number of nitrogens with one attached hydrogen (secondary N) is 9. The van der Waals surface area contributed by atoms with Crippen LogP contribution in [0.5, 0.6) is 0 Å². The molecule has 1 aromatic carbocycles. The van der Waals surface area contributed by atoms with Gasteiger partial charge < -0.3 is 95.2 Å². The maximum atomic E-state index is 13.9. The minimum atomic E-state index is -1.31. The molecule has 9 N–H and O–H groups in total. The average Bonchev–Trinajstić information content (AvgIpc) is 0.805. The fourth-order valence-corrected chi connectivity index (χ4v) is 14.4. The Kier molecular flexibility index (Phi) is 46.6. The van der Waals surface area contributed by atoms with Crippen molar-refractivity contribution in [3.63, 3.8) is 0 Å². The molecule has 0 spiro atoms. The van der Waals surface area contributed by atoms with Gasteiger partial charge in [0.2, 0.25) is 47.3 Å². The number of rotatable bonds is 54. The van der Waals surface area contributed by atoms with Gasteiger partial charge in [-0.2, -0.15) is 0 Å². The lowest BCUT2D eigenvalue weighted by molar-refractivity contribution is -0.253. The molecule has 3 aliphatic heterocycles. The lowest BCUT2D eigenvalue weighted by Gasteiger charge is -2.44. The van der Waals surface area contributed by atoms with Crippen LogP contribution in [0.2, 0.25) is 0 Å². The van der Waals surface area contributed by atoms with Crippen LogP contribution in [0.15, 0.2) is 30.3 Å². The largest absolute Gasteiger partial charge is 0.460 e. The number of carbonyl (C=O) groups excluding carboxylic acids is 13. The summed E-state index contributed by atoms with van der Waals surface area (Å²) >= 11 is 0. The zero-order valence-electron chi connectivity index (χ0n) is 69.0. The summed E-state index contributed by atoms with van der Waals surface area (Å²) in [5.74, 6) is -4.40. The van der Waals surface area contributed by atoms with E-state index in [2.05, 4.69) is 47.9 Å². The second-order valence-corrected chi connectivity index (χ2v) is 29.9. The Bertz CT molecular complexity index is 3000. The second kappa shape index (κ2) is 54.0. The molecular formula is C81H133N9O23. The molecule has 1 aromatic rings. The van der Waals surface area contributed by atoms with Gasteiger partial charge in [0.1, 0.15) is 48.8 Å². The Hall–Kier alpha value is -7.91. The zero-order valence-corrected chi connectivity index (χ0v) is 69.0. The highest BCUT2D eigenvalue weighted by Crippen LogP contribution is 2.35. The van der Waals surface area contributed by atoms with Gasteiger partial charge in [-0.1, -0.05) is 91.1 Å². The topological polar surface area (TPSA) is 422 Å². The van der Waals surface area contributed by atoms with Gasteiger partial charge in [0.15, 0.2) is 18.9 Å². The Balaban J connectivity index is 1.31. The van der Waals surface area contributed by atoms with Crippen molar-refractivity contribution in [3.8, 4) is 0 Å². The SMILES string of the molecule is CC[C@H]1O[C@@H](OCCCCCC(=O)NCCCNC(=O)CCC(CCC(=O)CCCNC(=O)CCCCCO[C@@H]2O[C@H](CC)[C@H](C)[C@H](OC(C)=O)[C@H]2NC(C)=O)(CCC(=O)NCCCNC(=O)CCCCCO[C@@H]2O[C@H](CC)[C@H](C)[C@H](OC(C)=O)[C@H]2NC(C)=O)NC(=O)OCc2ccccc2)[C@H](NC(C)=O)[C@@H](OC(C)=O)[C@H]1C. The summed E-state index contributed by atoms with van der Waals surface area (Å²) < 4.78 is 59.5. The normalized spacial score (nSPS) is 23.8. The number of unbranched alkanes of at least 4 members (excludes halogenated alkanes) is 6. The molecule has 15 atom stereocenters. The van der Waals surface area contributed by atoms with E-state index in [-0.39, 0.29) is 212 Å². The molecule has 0 aliphatic carbocycles. The highest BCUT2D eigenvalue weighted by molar-refractivity contribution is 5.81. The minimum absolute atomic E-state index is 0.00552. The molecule has 0 bridgehead atoms. The number of carbonyl (C=O) groups is 13. The van der Waals surface area contributed by atoms with Crippen molar-refractivity contribution in [2.75, 3.05) is 52.5 Å². The van der Waals surface area contributed by atoms with Gasteiger partial charge >= 0.3 is 24.0 Å². The summed E-state index contributed by atoms with van der Waals surface area (Å²) in [6.07, 6.45) is 2.97. The first-order chi connectivity index (χ1) is 54.0. The Labute approximate surface area is 667 Å². The fraction of sp³-hybridized carbons (Fsp3) is 0.765. The van der Waals surface area contributed by atoms with Crippen LogP contribution < -0.4 is 47.9 Å². The number of hydrogen-bond donors (Lipinski definition) is 9. The average molecular weight is 1600 g/mol. The third-order valence-electron chi connectivity index (χ3n) is 20.5. The van der Waals surface area contributed by atoms with E-state index in [1.807, 2.05) is 47.6 Å². The van der Waals surface area contributed by atoms with E-state index in [9.17, 15) is 62.3 Å². The van der Waals surface area contributed by atoms with Crippen molar-refractivity contribution in [1.82, 2.24) is 47.9 Å². The first-order valence-electron chi connectivity index (χ1n) is 41.0. The minimum Gasteiger partial charge on any atom is -0.460 e. The van der Waals surface area contributed by atoms with E-state index >= 15 is 0 Å². The molecule has 113 heavy (non-hydrogen) atoms. The molecule has 0 radical (unpaired) electrons. The van der Waals surface area contributed by atoms with Crippen LogP contribution in [0.4, 0.5) is 4.79 Å². The standard InChI is InChI=1S/C81H133N9O23/c1-13-63-52(4)74(108-58(10)94)71(87-55(7)91)77(111-63)104-48-25-17-22-34-66(98)82-43-28-33-62(97)37-40-81(90-80(103)107-51-61-31-20-16-21-32-61,41-38-69(101)85-46-29-44-83-67(99)35-23-18-26-49-105-78-72(88-56(8)92)75(109-59(11)95)53(5)64(14-2)112-78)42-39-70(102)86-47-30-45-84-68(100)36-24-19-27-50-106-79-73(89-57(9)93)76(110-60(12)96)54(6)65(15-3)113-79/h16,20-21,31-32,52-54,63-65,71-79H,13-15,17-19,22-30,33-51H2,1-12H3,(H,82,98)(H,83,99)(H,84,100)(H,85,101)(H,86,102)(H,87,91)(H,88,92)(H,89,93)(H,90,103)/t52-,53-,54-,63+,64+,65+,71+,72+,73+,74-,75-,76-,77+,78+,79+/m0/s1. The summed E-state index contributed by atoms with van der Waals surface area (Å²) in [4.78, 5) is 166. The van der Waals surface area contributed by atoms with Gasteiger partial charge in [-0.05, 0) is 102 Å². The molecule has 4 rings (SSSR count).